The van der Waals surface area contributed by atoms with E-state index in [1.165, 1.54) is 11.1 Å². The van der Waals surface area contributed by atoms with Crippen LogP contribution in [-0.4, -0.2) is 18.5 Å². The predicted molar refractivity (Wildman–Crippen MR) is 137 cm³/mol. The smallest absolute Gasteiger partial charge is 0.338 e. The summed E-state index contributed by atoms with van der Waals surface area (Å²) in [6.45, 7) is 15.0. The van der Waals surface area contributed by atoms with Crippen LogP contribution in [0.5, 0.6) is 5.75 Å². The van der Waals surface area contributed by atoms with Gasteiger partial charge in [0.15, 0.2) is 0 Å². The first-order valence-electron chi connectivity index (χ1n) is 11.2. The lowest BCUT2D eigenvalue weighted by atomic mass is 9.91. The molecule has 34 heavy (non-hydrogen) atoms. The first-order valence-corrected chi connectivity index (χ1v) is 11.2. The fourth-order valence-corrected chi connectivity index (χ4v) is 3.57. The maximum absolute atomic E-state index is 11.7. The number of rotatable bonds is 8. The van der Waals surface area contributed by atoms with Crippen LogP contribution in [0.15, 0.2) is 85.0 Å². The molecule has 4 heteroatoms. The van der Waals surface area contributed by atoms with Gasteiger partial charge in [-0.2, -0.15) is 0 Å². The first kappa shape index (κ1) is 24.7. The summed E-state index contributed by atoms with van der Waals surface area (Å²) >= 11 is 0. The molecule has 0 radical (unpaired) electrons. The molecule has 0 spiro atoms. The summed E-state index contributed by atoms with van der Waals surface area (Å²) in [7, 11) is 0. The summed E-state index contributed by atoms with van der Waals surface area (Å²) in [5.41, 5.74) is 8.71. The largest absolute Gasteiger partial charge is 0.462 e. The quantitative estimate of drug-likeness (QED) is 0.214. The van der Waals surface area contributed by atoms with Crippen molar-refractivity contribution in [3.8, 4) is 28.0 Å². The van der Waals surface area contributed by atoms with Crippen LogP contribution in [0.4, 0.5) is 0 Å². The van der Waals surface area contributed by atoms with Gasteiger partial charge in [0.1, 0.15) is 5.75 Å². The molecule has 0 unspecified atom stereocenters. The highest BCUT2D eigenvalue weighted by molar-refractivity contribution is 5.89. The lowest BCUT2D eigenvalue weighted by molar-refractivity contribution is -0.138. The SMILES string of the molecule is C=C(C)C(=O)OCCc1ccc(-c2cc(C)c(-c3ccc(OC(=O)C(=C)C)cc3)cc2C)cc1. The lowest BCUT2D eigenvalue weighted by Gasteiger charge is -2.14. The van der Waals surface area contributed by atoms with Crippen molar-refractivity contribution in [1.82, 2.24) is 0 Å². The summed E-state index contributed by atoms with van der Waals surface area (Å²) in [6, 6.07) is 20.2. The van der Waals surface area contributed by atoms with E-state index in [1.807, 2.05) is 12.1 Å². The summed E-state index contributed by atoms with van der Waals surface area (Å²) in [6.07, 6.45) is 0.661. The van der Waals surface area contributed by atoms with Gasteiger partial charge in [0, 0.05) is 17.6 Å². The summed E-state index contributed by atoms with van der Waals surface area (Å²) in [5, 5.41) is 0. The van der Waals surface area contributed by atoms with E-state index < -0.39 is 5.97 Å². The Labute approximate surface area is 201 Å². The average molecular weight is 455 g/mol. The molecule has 3 rings (SSSR count). The Morgan fingerprint density at radius 3 is 1.68 bits per heavy atom. The lowest BCUT2D eigenvalue weighted by Crippen LogP contribution is -2.07. The number of hydrogen-bond donors (Lipinski definition) is 0. The first-order chi connectivity index (χ1) is 16.2. The van der Waals surface area contributed by atoms with Crippen molar-refractivity contribution in [1.29, 1.82) is 0 Å². The molecule has 0 aliphatic heterocycles. The average Bonchev–Trinajstić information content (AvgIpc) is 2.81. The number of aryl methyl sites for hydroxylation is 2. The van der Waals surface area contributed by atoms with Crippen LogP contribution in [-0.2, 0) is 20.7 Å². The van der Waals surface area contributed by atoms with Gasteiger partial charge in [0.2, 0.25) is 0 Å². The van der Waals surface area contributed by atoms with Crippen molar-refractivity contribution in [3.63, 3.8) is 0 Å². The van der Waals surface area contributed by atoms with Crippen LogP contribution >= 0.6 is 0 Å². The van der Waals surface area contributed by atoms with E-state index in [9.17, 15) is 9.59 Å². The zero-order valence-electron chi connectivity index (χ0n) is 20.2. The molecular weight excluding hydrogens is 424 g/mol. The zero-order chi connectivity index (χ0) is 24.8. The Morgan fingerprint density at radius 2 is 1.21 bits per heavy atom. The molecule has 0 atom stereocenters. The minimum absolute atomic E-state index is 0.336. The molecule has 0 saturated carbocycles. The van der Waals surface area contributed by atoms with Crippen molar-refractivity contribution in [2.75, 3.05) is 6.61 Å². The topological polar surface area (TPSA) is 52.6 Å². The fourth-order valence-electron chi connectivity index (χ4n) is 3.57. The highest BCUT2D eigenvalue weighted by atomic mass is 16.5. The van der Waals surface area contributed by atoms with Gasteiger partial charge in [-0.05, 0) is 78.8 Å². The second kappa shape index (κ2) is 10.8. The number of hydrogen-bond acceptors (Lipinski definition) is 4. The van der Waals surface area contributed by atoms with E-state index in [4.69, 9.17) is 9.47 Å². The molecule has 0 aliphatic rings. The van der Waals surface area contributed by atoms with Gasteiger partial charge < -0.3 is 9.47 Å². The third kappa shape index (κ3) is 6.10. The van der Waals surface area contributed by atoms with Crippen molar-refractivity contribution >= 4 is 11.9 Å². The third-order valence-corrected chi connectivity index (χ3v) is 5.53. The van der Waals surface area contributed by atoms with E-state index in [0.29, 0.717) is 29.9 Å². The van der Waals surface area contributed by atoms with Crippen LogP contribution in [0.1, 0.15) is 30.5 Å². The summed E-state index contributed by atoms with van der Waals surface area (Å²) in [4.78, 5) is 23.2. The van der Waals surface area contributed by atoms with Crippen molar-refractivity contribution in [2.45, 2.75) is 34.1 Å². The van der Waals surface area contributed by atoms with Gasteiger partial charge in [0.25, 0.3) is 0 Å². The zero-order valence-corrected chi connectivity index (χ0v) is 20.2. The Hall–Kier alpha value is -3.92. The summed E-state index contributed by atoms with van der Waals surface area (Å²) in [5.74, 6) is -0.287. The van der Waals surface area contributed by atoms with Crippen LogP contribution in [0.2, 0.25) is 0 Å². The molecule has 0 bridgehead atoms. The molecule has 4 nitrogen and oxygen atoms in total. The van der Waals surface area contributed by atoms with Gasteiger partial charge in [0.05, 0.1) is 6.61 Å². The molecule has 0 aliphatic carbocycles. The second-order valence-corrected chi connectivity index (χ2v) is 8.54. The number of ether oxygens (including phenoxy) is 2. The van der Waals surface area contributed by atoms with E-state index in [0.717, 1.165) is 27.8 Å². The van der Waals surface area contributed by atoms with Crippen molar-refractivity contribution in [2.24, 2.45) is 0 Å². The highest BCUT2D eigenvalue weighted by Crippen LogP contribution is 2.32. The van der Waals surface area contributed by atoms with E-state index >= 15 is 0 Å². The Bertz CT molecular complexity index is 1230. The maximum atomic E-state index is 11.7. The van der Waals surface area contributed by atoms with Gasteiger partial charge in [-0.15, -0.1) is 0 Å². The monoisotopic (exact) mass is 454 g/mol. The number of carbonyl (C=O) groups is 2. The van der Waals surface area contributed by atoms with Gasteiger partial charge in [-0.3, -0.25) is 0 Å². The Kier molecular flexibility index (Phi) is 7.85. The molecule has 0 fully saturated rings. The van der Waals surface area contributed by atoms with E-state index in [2.05, 4.69) is 63.4 Å². The molecule has 174 valence electrons. The molecule has 0 N–H and O–H groups in total. The van der Waals surface area contributed by atoms with Gasteiger partial charge in [-0.25, -0.2) is 9.59 Å². The second-order valence-electron chi connectivity index (χ2n) is 8.54. The maximum Gasteiger partial charge on any atom is 0.338 e. The van der Waals surface area contributed by atoms with Crippen LogP contribution in [0, 0.1) is 13.8 Å². The van der Waals surface area contributed by atoms with Gasteiger partial charge >= 0.3 is 11.9 Å². The third-order valence-electron chi connectivity index (χ3n) is 5.53. The number of benzene rings is 3. The summed E-state index contributed by atoms with van der Waals surface area (Å²) < 4.78 is 10.5. The Balaban J connectivity index is 1.74. The highest BCUT2D eigenvalue weighted by Gasteiger charge is 2.11. The van der Waals surface area contributed by atoms with E-state index in [1.54, 1.807) is 26.0 Å². The van der Waals surface area contributed by atoms with E-state index in [-0.39, 0.29) is 5.97 Å². The minimum Gasteiger partial charge on any atom is -0.462 e. The molecular formula is C30H30O4. The fraction of sp³-hybridized carbons (Fsp3) is 0.200. The normalized spacial score (nSPS) is 10.5. The number of carbonyl (C=O) groups excluding carboxylic acids is 2. The molecule has 3 aromatic rings. The van der Waals surface area contributed by atoms with Crippen LogP contribution in [0.25, 0.3) is 22.3 Å². The minimum atomic E-state index is -0.428. The molecule has 0 heterocycles. The molecule has 3 aromatic carbocycles. The van der Waals surface area contributed by atoms with Crippen molar-refractivity contribution in [3.05, 3.63) is 102 Å². The van der Waals surface area contributed by atoms with Gasteiger partial charge in [-0.1, -0.05) is 61.7 Å². The van der Waals surface area contributed by atoms with Crippen LogP contribution in [0.3, 0.4) is 0 Å². The van der Waals surface area contributed by atoms with Crippen LogP contribution < -0.4 is 4.74 Å². The molecule has 0 saturated heterocycles. The predicted octanol–water partition coefficient (Wildman–Crippen LogP) is 6.78. The molecule has 0 aromatic heterocycles. The standard InChI is InChI=1S/C30H30O4/c1-19(2)29(31)33-16-15-23-7-9-24(10-8-23)27-17-22(6)28(18-21(27)5)25-11-13-26(14-12-25)34-30(32)20(3)4/h7-14,17-18H,1,3,15-16H2,2,4-6H3. The molecule has 0 amide bonds. The van der Waals surface area contributed by atoms with Crippen molar-refractivity contribution < 1.29 is 19.1 Å². The Morgan fingerprint density at radius 1 is 0.735 bits per heavy atom. The number of esters is 2.